The maximum Gasteiger partial charge on any atom is 0.313 e. The highest BCUT2D eigenvalue weighted by Crippen LogP contribution is 2.61. The van der Waals surface area contributed by atoms with Gasteiger partial charge >= 0.3 is 5.97 Å². The molecule has 0 spiro atoms. The van der Waals surface area contributed by atoms with Crippen LogP contribution in [0.4, 0.5) is 0 Å². The Kier molecular flexibility index (Phi) is 2.82. The molecule has 1 unspecified atom stereocenters. The van der Waals surface area contributed by atoms with Gasteiger partial charge in [0.1, 0.15) is 0 Å². The highest BCUT2D eigenvalue weighted by atomic mass is 16.5. The first-order valence-corrected chi connectivity index (χ1v) is 5.84. The van der Waals surface area contributed by atoms with Crippen LogP contribution in [-0.2, 0) is 9.53 Å². The highest BCUT2D eigenvalue weighted by molar-refractivity contribution is 5.89. The van der Waals surface area contributed by atoms with E-state index in [-0.39, 0.29) is 17.3 Å². The van der Waals surface area contributed by atoms with Crippen LogP contribution in [0.5, 0.6) is 0 Å². The van der Waals surface area contributed by atoms with Crippen LogP contribution in [0.25, 0.3) is 5.57 Å². The third kappa shape index (κ3) is 1.88. The lowest BCUT2D eigenvalue weighted by molar-refractivity contribution is -0.142. The van der Waals surface area contributed by atoms with Crippen LogP contribution in [0.3, 0.4) is 0 Å². The zero-order valence-corrected chi connectivity index (χ0v) is 10.8. The largest absolute Gasteiger partial charge is 0.469 e. The molecule has 0 amide bonds. The second kappa shape index (κ2) is 4.02. The molecule has 1 aromatic carbocycles. The molecule has 2 heteroatoms. The number of carbonyl (C=O) groups excluding carboxylic acids is 1. The van der Waals surface area contributed by atoms with Gasteiger partial charge in [-0.15, -0.1) is 0 Å². The molecular weight excluding hydrogens is 212 g/mol. The quantitative estimate of drug-likeness (QED) is 0.729. The van der Waals surface area contributed by atoms with Crippen LogP contribution in [0.15, 0.2) is 35.9 Å². The normalized spacial score (nSPS) is 24.1. The fourth-order valence-corrected chi connectivity index (χ4v) is 2.62. The number of carbonyl (C=O) groups is 1. The van der Waals surface area contributed by atoms with E-state index in [0.717, 1.165) is 0 Å². The van der Waals surface area contributed by atoms with Crippen LogP contribution < -0.4 is 0 Å². The van der Waals surface area contributed by atoms with Crippen molar-refractivity contribution in [2.24, 2.45) is 11.3 Å². The molecule has 1 atom stereocenters. The van der Waals surface area contributed by atoms with Crippen LogP contribution in [-0.4, -0.2) is 13.1 Å². The standard InChI is InChI=1S/C15H18O2/c1-10(11-8-6-5-7-9-11)12-13(14(16)17-4)15(12,2)3/h5-9,13H,1-4H3/b12-10-. The fourth-order valence-electron chi connectivity index (χ4n) is 2.62. The van der Waals surface area contributed by atoms with Gasteiger partial charge in [-0.2, -0.15) is 0 Å². The minimum Gasteiger partial charge on any atom is -0.469 e. The van der Waals surface area contributed by atoms with Gasteiger partial charge in [0.2, 0.25) is 0 Å². The zero-order valence-electron chi connectivity index (χ0n) is 10.8. The van der Waals surface area contributed by atoms with Crippen molar-refractivity contribution in [1.29, 1.82) is 0 Å². The molecule has 1 aromatic rings. The lowest BCUT2D eigenvalue weighted by Gasteiger charge is -2.01. The summed E-state index contributed by atoms with van der Waals surface area (Å²) in [5, 5.41) is 0. The van der Waals surface area contributed by atoms with Crippen LogP contribution in [0.1, 0.15) is 26.3 Å². The van der Waals surface area contributed by atoms with E-state index in [4.69, 9.17) is 4.74 Å². The molecule has 0 bridgehead atoms. The van der Waals surface area contributed by atoms with E-state index >= 15 is 0 Å². The summed E-state index contributed by atoms with van der Waals surface area (Å²) >= 11 is 0. The summed E-state index contributed by atoms with van der Waals surface area (Å²) in [6, 6.07) is 10.2. The van der Waals surface area contributed by atoms with Gasteiger partial charge in [0.25, 0.3) is 0 Å². The molecule has 2 nitrogen and oxygen atoms in total. The summed E-state index contributed by atoms with van der Waals surface area (Å²) in [5.74, 6) is -0.201. The predicted octanol–water partition coefficient (Wildman–Crippen LogP) is 3.29. The van der Waals surface area contributed by atoms with Gasteiger partial charge < -0.3 is 4.74 Å². The van der Waals surface area contributed by atoms with Crippen molar-refractivity contribution in [3.63, 3.8) is 0 Å². The van der Waals surface area contributed by atoms with Crippen LogP contribution >= 0.6 is 0 Å². The Labute approximate surface area is 102 Å². The van der Waals surface area contributed by atoms with E-state index in [1.807, 2.05) is 18.2 Å². The zero-order chi connectivity index (χ0) is 12.6. The molecule has 1 aliphatic carbocycles. The Bertz CT molecular complexity index is 469. The van der Waals surface area contributed by atoms with Gasteiger partial charge in [-0.1, -0.05) is 44.2 Å². The third-order valence-electron chi connectivity index (χ3n) is 3.67. The molecule has 90 valence electrons. The smallest absolute Gasteiger partial charge is 0.313 e. The lowest BCUT2D eigenvalue weighted by Crippen LogP contribution is -2.07. The third-order valence-corrected chi connectivity index (χ3v) is 3.67. The average Bonchev–Trinajstić information content (AvgIpc) is 2.91. The van der Waals surface area contributed by atoms with Gasteiger partial charge in [0.15, 0.2) is 0 Å². The van der Waals surface area contributed by atoms with Gasteiger partial charge in [-0.25, -0.2) is 0 Å². The minimum absolute atomic E-state index is 0.0625. The summed E-state index contributed by atoms with van der Waals surface area (Å²) in [6.45, 7) is 6.27. The summed E-state index contributed by atoms with van der Waals surface area (Å²) < 4.78 is 4.85. The molecule has 0 N–H and O–H groups in total. The number of methoxy groups -OCH3 is 1. The van der Waals surface area contributed by atoms with E-state index < -0.39 is 0 Å². The summed E-state index contributed by atoms with van der Waals surface area (Å²) in [4.78, 5) is 11.7. The second-order valence-electron chi connectivity index (χ2n) is 5.08. The van der Waals surface area contributed by atoms with Crippen molar-refractivity contribution in [1.82, 2.24) is 0 Å². The lowest BCUT2D eigenvalue weighted by atomic mass is 10.0. The average molecular weight is 230 g/mol. The Hall–Kier alpha value is -1.57. The van der Waals surface area contributed by atoms with Gasteiger partial charge in [0.05, 0.1) is 13.0 Å². The number of ether oxygens (including phenoxy) is 1. The highest BCUT2D eigenvalue weighted by Gasteiger charge is 2.58. The minimum atomic E-state index is -0.125. The Morgan fingerprint density at radius 3 is 2.35 bits per heavy atom. The van der Waals surface area contributed by atoms with Gasteiger partial charge in [-0.05, 0) is 23.6 Å². The molecular formula is C15H18O2. The second-order valence-corrected chi connectivity index (χ2v) is 5.08. The van der Waals surface area contributed by atoms with Gasteiger partial charge in [0, 0.05) is 5.41 Å². The molecule has 1 saturated carbocycles. The van der Waals surface area contributed by atoms with Crippen molar-refractivity contribution in [3.8, 4) is 0 Å². The topological polar surface area (TPSA) is 26.3 Å². The molecule has 0 saturated heterocycles. The molecule has 17 heavy (non-hydrogen) atoms. The van der Waals surface area contributed by atoms with E-state index in [1.165, 1.54) is 23.8 Å². The van der Waals surface area contributed by atoms with Crippen molar-refractivity contribution in [3.05, 3.63) is 41.5 Å². The van der Waals surface area contributed by atoms with Crippen molar-refractivity contribution in [2.45, 2.75) is 20.8 Å². The first kappa shape index (κ1) is 11.9. The molecule has 0 radical (unpaired) electrons. The maximum atomic E-state index is 11.7. The number of rotatable bonds is 2. The summed E-state index contributed by atoms with van der Waals surface area (Å²) in [7, 11) is 1.45. The maximum absolute atomic E-state index is 11.7. The van der Waals surface area contributed by atoms with E-state index in [2.05, 4.69) is 32.9 Å². The predicted molar refractivity (Wildman–Crippen MR) is 68.3 cm³/mol. The number of esters is 1. The Balaban J connectivity index is 2.38. The van der Waals surface area contributed by atoms with Crippen LogP contribution in [0.2, 0.25) is 0 Å². The Morgan fingerprint density at radius 2 is 1.82 bits per heavy atom. The first-order chi connectivity index (χ1) is 8.00. The molecule has 1 fully saturated rings. The summed E-state index contributed by atoms with van der Waals surface area (Å²) in [5.41, 5.74) is 3.52. The number of benzene rings is 1. The molecule has 2 rings (SSSR count). The number of hydrogen-bond acceptors (Lipinski definition) is 2. The van der Waals surface area contributed by atoms with Crippen molar-refractivity contribution >= 4 is 11.5 Å². The van der Waals surface area contributed by atoms with E-state index in [9.17, 15) is 4.79 Å². The SMILES string of the molecule is COC(=O)C1/C(=C(\C)c2ccccc2)C1(C)C. The van der Waals surface area contributed by atoms with E-state index in [0.29, 0.717) is 0 Å². The van der Waals surface area contributed by atoms with Gasteiger partial charge in [-0.3, -0.25) is 4.79 Å². The summed E-state index contributed by atoms with van der Waals surface area (Å²) in [6.07, 6.45) is 0. The first-order valence-electron chi connectivity index (χ1n) is 5.84. The van der Waals surface area contributed by atoms with Crippen LogP contribution in [0, 0.1) is 11.3 Å². The van der Waals surface area contributed by atoms with Crippen molar-refractivity contribution in [2.75, 3.05) is 7.11 Å². The van der Waals surface area contributed by atoms with Crippen molar-refractivity contribution < 1.29 is 9.53 Å². The molecule has 1 aliphatic rings. The molecule has 0 aromatic heterocycles. The molecule has 0 aliphatic heterocycles. The number of allylic oxidation sites excluding steroid dienone is 1. The van der Waals surface area contributed by atoms with E-state index in [1.54, 1.807) is 0 Å². The Morgan fingerprint density at radius 1 is 1.24 bits per heavy atom. The molecule has 0 heterocycles. The fraction of sp³-hybridized carbons (Fsp3) is 0.400. The monoisotopic (exact) mass is 230 g/mol. The number of hydrogen-bond donors (Lipinski definition) is 0.